The van der Waals surface area contributed by atoms with E-state index < -0.39 is 11.8 Å². The summed E-state index contributed by atoms with van der Waals surface area (Å²) in [5, 5.41) is 3.60. The number of urea groups is 1. The predicted molar refractivity (Wildman–Crippen MR) is 111 cm³/mol. The van der Waals surface area contributed by atoms with Crippen LogP contribution in [0.5, 0.6) is 0 Å². The number of nitrogens with two attached hydrogens (primary N) is 1. The number of amides is 3. The first-order valence-corrected chi connectivity index (χ1v) is 10.4. The smallest absolute Gasteiger partial charge is 0.317 e. The average Bonchev–Trinajstić information content (AvgIpc) is 3.01. The molecule has 3 N–H and O–H groups in total. The Balaban J connectivity index is 1.76. The zero-order valence-corrected chi connectivity index (χ0v) is 17.3. The largest absolute Gasteiger partial charge is 0.369 e. The van der Waals surface area contributed by atoms with Crippen molar-refractivity contribution >= 4 is 29.1 Å². The lowest BCUT2D eigenvalue weighted by Crippen LogP contribution is -2.57. The number of piperazine rings is 1. The molecule has 1 saturated heterocycles. The van der Waals surface area contributed by atoms with E-state index in [1.54, 1.807) is 4.90 Å². The van der Waals surface area contributed by atoms with Gasteiger partial charge in [0.05, 0.1) is 12.0 Å². The fourth-order valence-electron chi connectivity index (χ4n) is 4.17. The molecule has 2 aliphatic heterocycles. The van der Waals surface area contributed by atoms with Gasteiger partial charge in [0.25, 0.3) is 0 Å². The lowest BCUT2D eigenvalue weighted by Gasteiger charge is -2.40. The summed E-state index contributed by atoms with van der Waals surface area (Å²) in [4.78, 5) is 28.8. The highest BCUT2D eigenvalue weighted by Gasteiger charge is 2.46. The number of halogens is 1. The second-order valence-corrected chi connectivity index (χ2v) is 7.88. The molecule has 2 heterocycles. The molecule has 1 fully saturated rings. The minimum absolute atomic E-state index is 0.0842. The first-order valence-electron chi connectivity index (χ1n) is 10.0. The summed E-state index contributed by atoms with van der Waals surface area (Å²) in [6.07, 6.45) is 2.08. The number of carbonyl (C=O) groups excluding carboxylic acids is 2. The summed E-state index contributed by atoms with van der Waals surface area (Å²) >= 11 is 6.67. The molecule has 152 valence electrons. The van der Waals surface area contributed by atoms with Crippen molar-refractivity contribution in [1.29, 1.82) is 0 Å². The molecule has 3 amide bonds. The van der Waals surface area contributed by atoms with Gasteiger partial charge in [-0.2, -0.15) is 0 Å². The standard InChI is InChI=1S/C21H29ClN4O2/c1-3-14(4-2)12-24-21(28)25-10-11-26-16(13-25)18(20(23)27)17(19(26)22)15-8-6-5-7-9-15/h5-9,14,16,18H,3-4,10-13H2,1-2H3,(H2,23,27)(H,24,28). The lowest BCUT2D eigenvalue weighted by molar-refractivity contribution is -0.121. The van der Waals surface area contributed by atoms with E-state index in [1.807, 2.05) is 35.2 Å². The number of nitrogens with one attached hydrogen (secondary N) is 1. The van der Waals surface area contributed by atoms with Crippen LogP contribution in [0.3, 0.4) is 0 Å². The Labute approximate surface area is 171 Å². The molecule has 6 nitrogen and oxygen atoms in total. The second kappa shape index (κ2) is 8.86. The quantitative estimate of drug-likeness (QED) is 0.715. The molecule has 0 spiro atoms. The number of carbonyl (C=O) groups is 2. The monoisotopic (exact) mass is 404 g/mol. The zero-order chi connectivity index (χ0) is 20.3. The fraction of sp³-hybridized carbons (Fsp3) is 0.524. The van der Waals surface area contributed by atoms with Crippen molar-refractivity contribution in [3.8, 4) is 0 Å². The Morgan fingerprint density at radius 2 is 1.89 bits per heavy atom. The molecule has 1 aromatic carbocycles. The highest BCUT2D eigenvalue weighted by atomic mass is 35.5. The Bertz CT molecular complexity index is 748. The average molecular weight is 405 g/mol. The van der Waals surface area contributed by atoms with Crippen molar-refractivity contribution in [2.45, 2.75) is 32.7 Å². The van der Waals surface area contributed by atoms with Gasteiger partial charge in [0, 0.05) is 31.8 Å². The van der Waals surface area contributed by atoms with Gasteiger partial charge < -0.3 is 20.9 Å². The Kier molecular flexibility index (Phi) is 6.50. The van der Waals surface area contributed by atoms with Crippen LogP contribution in [0.1, 0.15) is 32.3 Å². The topological polar surface area (TPSA) is 78.7 Å². The Morgan fingerprint density at radius 3 is 2.50 bits per heavy atom. The summed E-state index contributed by atoms with van der Waals surface area (Å²) in [5.41, 5.74) is 7.43. The van der Waals surface area contributed by atoms with Gasteiger partial charge in [-0.3, -0.25) is 4.79 Å². The van der Waals surface area contributed by atoms with Crippen molar-refractivity contribution in [2.75, 3.05) is 26.2 Å². The van der Waals surface area contributed by atoms with E-state index in [0.717, 1.165) is 24.0 Å². The van der Waals surface area contributed by atoms with Gasteiger partial charge in [-0.15, -0.1) is 0 Å². The van der Waals surface area contributed by atoms with E-state index in [9.17, 15) is 9.59 Å². The van der Waals surface area contributed by atoms with Gasteiger partial charge in [0.2, 0.25) is 5.91 Å². The molecule has 0 saturated carbocycles. The molecule has 28 heavy (non-hydrogen) atoms. The van der Waals surface area contributed by atoms with Crippen molar-refractivity contribution in [3.05, 3.63) is 41.1 Å². The van der Waals surface area contributed by atoms with E-state index >= 15 is 0 Å². The normalized spacial score (nSPS) is 21.9. The fourth-order valence-corrected chi connectivity index (χ4v) is 4.60. The van der Waals surface area contributed by atoms with Crippen molar-refractivity contribution in [2.24, 2.45) is 17.6 Å². The number of fused-ring (bicyclic) bond motifs is 1. The Morgan fingerprint density at radius 1 is 1.21 bits per heavy atom. The van der Waals surface area contributed by atoms with E-state index in [0.29, 0.717) is 37.3 Å². The van der Waals surface area contributed by atoms with Crippen LogP contribution in [0, 0.1) is 11.8 Å². The van der Waals surface area contributed by atoms with E-state index in [-0.39, 0.29) is 12.1 Å². The van der Waals surface area contributed by atoms with Crippen LogP contribution in [0.25, 0.3) is 5.57 Å². The molecule has 7 heteroatoms. The predicted octanol–water partition coefficient (Wildman–Crippen LogP) is 2.84. The number of hydrogen-bond donors (Lipinski definition) is 2. The SMILES string of the molecule is CCC(CC)CNC(=O)N1CCN2C(Cl)=C(c3ccccc3)C(C(N)=O)C2C1. The number of hydrogen-bond acceptors (Lipinski definition) is 3. The maximum atomic E-state index is 12.7. The van der Waals surface area contributed by atoms with Gasteiger partial charge in [-0.1, -0.05) is 68.6 Å². The van der Waals surface area contributed by atoms with Gasteiger partial charge >= 0.3 is 6.03 Å². The Hall–Kier alpha value is -2.21. The van der Waals surface area contributed by atoms with E-state index in [4.69, 9.17) is 17.3 Å². The molecule has 2 aliphatic rings. The third kappa shape index (κ3) is 3.97. The number of rotatable bonds is 6. The van der Waals surface area contributed by atoms with Crippen LogP contribution >= 0.6 is 11.6 Å². The van der Waals surface area contributed by atoms with Crippen LogP contribution in [0.4, 0.5) is 4.79 Å². The second-order valence-electron chi connectivity index (χ2n) is 7.53. The van der Waals surface area contributed by atoms with E-state index in [1.165, 1.54) is 0 Å². The van der Waals surface area contributed by atoms with Crippen LogP contribution in [-0.4, -0.2) is 54.0 Å². The summed E-state index contributed by atoms with van der Waals surface area (Å²) in [7, 11) is 0. The summed E-state index contributed by atoms with van der Waals surface area (Å²) in [5.74, 6) is -0.468. The zero-order valence-electron chi connectivity index (χ0n) is 16.5. The summed E-state index contributed by atoms with van der Waals surface area (Å²) in [6, 6.07) is 9.31. The molecule has 0 aromatic heterocycles. The summed E-state index contributed by atoms with van der Waals surface area (Å²) in [6.45, 7) is 6.51. The van der Waals surface area contributed by atoms with Crippen LogP contribution in [0.15, 0.2) is 35.5 Å². The first kappa shape index (κ1) is 20.5. The molecule has 1 aromatic rings. The highest BCUT2D eigenvalue weighted by Crippen LogP contribution is 2.43. The minimum Gasteiger partial charge on any atom is -0.369 e. The first-order chi connectivity index (χ1) is 13.5. The van der Waals surface area contributed by atoms with E-state index in [2.05, 4.69) is 19.2 Å². The number of benzene rings is 1. The van der Waals surface area contributed by atoms with Crippen LogP contribution < -0.4 is 11.1 Å². The van der Waals surface area contributed by atoms with Gasteiger partial charge in [0.15, 0.2) is 0 Å². The minimum atomic E-state index is -0.537. The van der Waals surface area contributed by atoms with Gasteiger partial charge in [0.1, 0.15) is 5.16 Å². The highest BCUT2D eigenvalue weighted by molar-refractivity contribution is 6.33. The molecule has 2 unspecified atom stereocenters. The molecular formula is C21H29ClN4O2. The van der Waals surface area contributed by atoms with Gasteiger partial charge in [-0.05, 0) is 11.5 Å². The molecule has 0 bridgehead atoms. The van der Waals surface area contributed by atoms with Crippen LogP contribution in [0.2, 0.25) is 0 Å². The van der Waals surface area contributed by atoms with Crippen molar-refractivity contribution < 1.29 is 9.59 Å². The lowest BCUT2D eigenvalue weighted by atomic mass is 9.88. The maximum Gasteiger partial charge on any atom is 0.317 e. The van der Waals surface area contributed by atoms with Crippen molar-refractivity contribution in [1.82, 2.24) is 15.1 Å². The van der Waals surface area contributed by atoms with Gasteiger partial charge in [-0.25, -0.2) is 4.79 Å². The molecule has 2 atom stereocenters. The third-order valence-corrected chi connectivity index (χ3v) is 6.38. The van der Waals surface area contributed by atoms with Crippen LogP contribution in [-0.2, 0) is 4.79 Å². The molecule has 0 aliphatic carbocycles. The number of nitrogens with zero attached hydrogens (tertiary/aromatic N) is 2. The maximum absolute atomic E-state index is 12.7. The third-order valence-electron chi connectivity index (χ3n) is 5.96. The molecular weight excluding hydrogens is 376 g/mol. The molecule has 0 radical (unpaired) electrons. The summed E-state index contributed by atoms with van der Waals surface area (Å²) < 4.78 is 0. The van der Waals surface area contributed by atoms with Crippen molar-refractivity contribution in [3.63, 3.8) is 0 Å². The number of primary amides is 1. The molecule has 3 rings (SSSR count).